The van der Waals surface area contributed by atoms with E-state index in [0.717, 1.165) is 47.6 Å². The predicted octanol–water partition coefficient (Wildman–Crippen LogP) is 3.29. The molecule has 0 atom stereocenters. The highest BCUT2D eigenvalue weighted by atomic mass is 19.1. The number of rotatable bonds is 4. The monoisotopic (exact) mass is 388 g/mol. The van der Waals surface area contributed by atoms with Crippen LogP contribution in [0.15, 0.2) is 59.8 Å². The van der Waals surface area contributed by atoms with Crippen LogP contribution in [0.4, 0.5) is 4.39 Å². The smallest absolute Gasteiger partial charge is 0.167 e. The van der Waals surface area contributed by atoms with E-state index in [1.807, 2.05) is 12.3 Å². The molecule has 0 aliphatic carbocycles. The summed E-state index contributed by atoms with van der Waals surface area (Å²) in [4.78, 5) is 19.5. The molecule has 0 spiro atoms. The average molecular weight is 388 g/mol. The highest BCUT2D eigenvalue weighted by Gasteiger charge is 2.20. The molecule has 4 aromatic rings. The van der Waals surface area contributed by atoms with E-state index in [0.29, 0.717) is 18.1 Å². The summed E-state index contributed by atoms with van der Waals surface area (Å²) in [5, 5.41) is 4.16. The van der Waals surface area contributed by atoms with E-state index in [2.05, 4.69) is 25.0 Å². The number of hydrogen-bond acceptors (Lipinski definition) is 7. The van der Waals surface area contributed by atoms with Gasteiger partial charge in [0.05, 0.1) is 17.0 Å². The van der Waals surface area contributed by atoms with E-state index in [1.54, 1.807) is 24.5 Å². The first kappa shape index (κ1) is 17.6. The van der Waals surface area contributed by atoms with Crippen molar-refractivity contribution in [3.05, 3.63) is 78.0 Å². The van der Waals surface area contributed by atoms with Gasteiger partial charge < -0.3 is 4.52 Å². The van der Waals surface area contributed by atoms with Gasteiger partial charge in [0.2, 0.25) is 0 Å². The zero-order valence-corrected chi connectivity index (χ0v) is 15.5. The summed E-state index contributed by atoms with van der Waals surface area (Å²) < 4.78 is 18.5. The minimum absolute atomic E-state index is 0.273. The molecule has 0 unspecified atom stereocenters. The summed E-state index contributed by atoms with van der Waals surface area (Å²) >= 11 is 0. The van der Waals surface area contributed by atoms with E-state index in [4.69, 9.17) is 9.51 Å². The van der Waals surface area contributed by atoms with Crippen LogP contribution in [-0.2, 0) is 19.5 Å². The fourth-order valence-electron chi connectivity index (χ4n) is 3.43. The van der Waals surface area contributed by atoms with Crippen LogP contribution in [0.3, 0.4) is 0 Å². The van der Waals surface area contributed by atoms with Crippen molar-refractivity contribution in [3.63, 3.8) is 0 Å². The molecule has 1 aliphatic heterocycles. The van der Waals surface area contributed by atoms with Gasteiger partial charge in [-0.1, -0.05) is 5.16 Å². The molecule has 0 saturated heterocycles. The predicted molar refractivity (Wildman–Crippen MR) is 103 cm³/mol. The van der Waals surface area contributed by atoms with Crippen molar-refractivity contribution in [3.8, 4) is 22.7 Å². The molecule has 0 N–H and O–H groups in total. The first-order valence-corrected chi connectivity index (χ1v) is 9.29. The molecule has 0 amide bonds. The standard InChI is InChI=1S/C21H17FN6O/c22-17-3-1-14(2-4-17)20-7-18(27-29-20)12-28-6-5-19-16(11-28)10-25-21(26-19)15-8-23-13-24-9-15/h1-4,7-10,13H,5-6,11-12H2. The Bertz CT molecular complexity index is 1130. The Morgan fingerprint density at radius 2 is 1.86 bits per heavy atom. The van der Waals surface area contributed by atoms with Gasteiger partial charge in [0.25, 0.3) is 0 Å². The van der Waals surface area contributed by atoms with E-state index in [-0.39, 0.29) is 5.82 Å². The summed E-state index contributed by atoms with van der Waals surface area (Å²) in [5.74, 6) is 1.01. The van der Waals surface area contributed by atoms with Gasteiger partial charge in [-0.15, -0.1) is 0 Å². The summed E-state index contributed by atoms with van der Waals surface area (Å²) in [6.45, 7) is 2.28. The number of benzene rings is 1. The third-order valence-corrected chi connectivity index (χ3v) is 4.91. The van der Waals surface area contributed by atoms with E-state index in [9.17, 15) is 4.39 Å². The summed E-state index contributed by atoms with van der Waals surface area (Å²) in [6, 6.07) is 8.09. The first-order valence-electron chi connectivity index (χ1n) is 9.29. The van der Waals surface area contributed by atoms with Gasteiger partial charge in [-0.05, 0) is 24.3 Å². The molecule has 0 radical (unpaired) electrons. The van der Waals surface area contributed by atoms with Crippen LogP contribution in [-0.4, -0.2) is 36.5 Å². The van der Waals surface area contributed by atoms with Crippen molar-refractivity contribution in [2.24, 2.45) is 0 Å². The molecular formula is C21H17FN6O. The van der Waals surface area contributed by atoms with Crippen LogP contribution in [0.5, 0.6) is 0 Å². The highest BCUT2D eigenvalue weighted by Crippen LogP contribution is 2.24. The second kappa shape index (κ2) is 7.48. The molecule has 0 saturated carbocycles. The third-order valence-electron chi connectivity index (χ3n) is 4.91. The van der Waals surface area contributed by atoms with Crippen molar-refractivity contribution < 1.29 is 8.91 Å². The lowest BCUT2D eigenvalue weighted by Gasteiger charge is -2.27. The van der Waals surface area contributed by atoms with Gasteiger partial charge in [0, 0.05) is 61.8 Å². The molecule has 8 heteroatoms. The molecular weight excluding hydrogens is 371 g/mol. The molecule has 0 bridgehead atoms. The zero-order chi connectivity index (χ0) is 19.6. The van der Waals surface area contributed by atoms with Crippen molar-refractivity contribution in [1.82, 2.24) is 30.0 Å². The fourth-order valence-corrected chi connectivity index (χ4v) is 3.43. The lowest BCUT2D eigenvalue weighted by molar-refractivity contribution is 0.235. The Kier molecular flexibility index (Phi) is 4.53. The summed E-state index contributed by atoms with van der Waals surface area (Å²) in [7, 11) is 0. The molecule has 3 aromatic heterocycles. The first-order chi connectivity index (χ1) is 14.2. The Morgan fingerprint density at radius 1 is 1.03 bits per heavy atom. The maximum atomic E-state index is 13.1. The Hall–Kier alpha value is -3.52. The molecule has 0 fully saturated rings. The van der Waals surface area contributed by atoms with Crippen molar-refractivity contribution in [2.75, 3.05) is 6.54 Å². The molecule has 1 aliphatic rings. The molecule has 7 nitrogen and oxygen atoms in total. The van der Waals surface area contributed by atoms with Gasteiger partial charge in [-0.3, -0.25) is 4.90 Å². The van der Waals surface area contributed by atoms with Crippen molar-refractivity contribution in [2.45, 2.75) is 19.5 Å². The van der Waals surface area contributed by atoms with Gasteiger partial charge >= 0.3 is 0 Å². The summed E-state index contributed by atoms with van der Waals surface area (Å²) in [6.07, 6.45) is 7.64. The SMILES string of the molecule is Fc1ccc(-c2cc(CN3CCc4nc(-c5cncnc5)ncc4C3)no2)cc1. The van der Waals surface area contributed by atoms with Gasteiger partial charge in [-0.2, -0.15) is 0 Å². The van der Waals surface area contributed by atoms with Gasteiger partial charge in [0.1, 0.15) is 12.1 Å². The second-order valence-corrected chi connectivity index (χ2v) is 6.94. The minimum Gasteiger partial charge on any atom is -0.356 e. The van der Waals surface area contributed by atoms with E-state index >= 15 is 0 Å². The molecule has 144 valence electrons. The Morgan fingerprint density at radius 3 is 2.69 bits per heavy atom. The average Bonchev–Trinajstić information content (AvgIpc) is 3.23. The van der Waals surface area contributed by atoms with Crippen LogP contribution >= 0.6 is 0 Å². The van der Waals surface area contributed by atoms with Crippen LogP contribution < -0.4 is 0 Å². The number of nitrogens with zero attached hydrogens (tertiary/aromatic N) is 6. The fraction of sp³-hybridized carbons (Fsp3) is 0.190. The minimum atomic E-state index is -0.273. The largest absolute Gasteiger partial charge is 0.356 e. The normalized spacial score (nSPS) is 14.0. The maximum Gasteiger partial charge on any atom is 0.167 e. The molecule has 1 aromatic carbocycles. The molecule has 4 heterocycles. The van der Waals surface area contributed by atoms with E-state index in [1.165, 1.54) is 18.5 Å². The van der Waals surface area contributed by atoms with E-state index < -0.39 is 0 Å². The van der Waals surface area contributed by atoms with Crippen LogP contribution in [0.25, 0.3) is 22.7 Å². The Balaban J connectivity index is 1.29. The third kappa shape index (κ3) is 3.74. The number of fused-ring (bicyclic) bond motifs is 1. The summed E-state index contributed by atoms with van der Waals surface area (Å²) in [5.41, 5.74) is 4.63. The quantitative estimate of drug-likeness (QED) is 0.531. The highest BCUT2D eigenvalue weighted by molar-refractivity contribution is 5.57. The molecule has 5 rings (SSSR count). The van der Waals surface area contributed by atoms with Crippen molar-refractivity contribution in [1.29, 1.82) is 0 Å². The van der Waals surface area contributed by atoms with Crippen LogP contribution in [0.1, 0.15) is 17.0 Å². The van der Waals surface area contributed by atoms with Crippen LogP contribution in [0.2, 0.25) is 0 Å². The van der Waals surface area contributed by atoms with Crippen LogP contribution in [0, 0.1) is 5.82 Å². The van der Waals surface area contributed by atoms with Crippen molar-refractivity contribution >= 4 is 0 Å². The second-order valence-electron chi connectivity index (χ2n) is 6.94. The number of aromatic nitrogens is 5. The lowest BCUT2D eigenvalue weighted by atomic mass is 10.1. The lowest BCUT2D eigenvalue weighted by Crippen LogP contribution is -2.31. The topological polar surface area (TPSA) is 80.8 Å². The zero-order valence-electron chi connectivity index (χ0n) is 15.5. The maximum absolute atomic E-state index is 13.1. The number of hydrogen-bond donors (Lipinski definition) is 0. The Labute approximate surface area is 166 Å². The van der Waals surface area contributed by atoms with Gasteiger partial charge in [0.15, 0.2) is 11.6 Å². The molecule has 29 heavy (non-hydrogen) atoms. The number of halogens is 1. The van der Waals surface area contributed by atoms with Gasteiger partial charge in [-0.25, -0.2) is 24.3 Å².